The molecule has 118 valence electrons. The first-order chi connectivity index (χ1) is 9.88. The summed E-state index contributed by atoms with van der Waals surface area (Å²) in [5.41, 5.74) is 0. The number of hydrogen-bond donors (Lipinski definition) is 0. The molecular weight excluding hydrogens is 256 g/mol. The lowest BCUT2D eigenvalue weighted by Gasteiger charge is -2.11. The van der Waals surface area contributed by atoms with E-state index in [0.717, 1.165) is 11.5 Å². The molecule has 1 aromatic rings. The summed E-state index contributed by atoms with van der Waals surface area (Å²) >= 11 is 0. The smallest absolute Gasteiger partial charge is 0.161 e. The molecule has 0 aliphatic heterocycles. The number of para-hydroxylation sites is 2. The van der Waals surface area contributed by atoms with Crippen molar-refractivity contribution in [2.75, 3.05) is 40.6 Å². The van der Waals surface area contributed by atoms with Crippen LogP contribution in [0.25, 0.3) is 0 Å². The first-order valence-corrected chi connectivity index (χ1v) is 7.21. The van der Waals surface area contributed by atoms with Crippen molar-refractivity contribution in [2.24, 2.45) is 0 Å². The van der Waals surface area contributed by atoms with Crippen molar-refractivity contribution in [1.82, 2.24) is 0 Å². The molecule has 0 unspecified atom stereocenters. The normalized spacial score (nSPS) is 8.70. The molecule has 0 amide bonds. The van der Waals surface area contributed by atoms with Crippen LogP contribution in [0, 0.1) is 0 Å². The van der Waals surface area contributed by atoms with Crippen LogP contribution < -0.4 is 9.47 Å². The van der Waals surface area contributed by atoms with Gasteiger partial charge in [-0.3, -0.25) is 0 Å². The van der Waals surface area contributed by atoms with Gasteiger partial charge in [0.05, 0.1) is 13.2 Å². The lowest BCUT2D eigenvalue weighted by atomic mass is 10.3. The van der Waals surface area contributed by atoms with Crippen LogP contribution in [-0.4, -0.2) is 40.6 Å². The van der Waals surface area contributed by atoms with Crippen molar-refractivity contribution in [3.05, 3.63) is 24.3 Å². The third-order valence-electron chi connectivity index (χ3n) is 1.94. The van der Waals surface area contributed by atoms with E-state index in [-0.39, 0.29) is 0 Å². The number of methoxy groups -OCH3 is 2. The van der Waals surface area contributed by atoms with Gasteiger partial charge in [-0.1, -0.05) is 39.8 Å². The van der Waals surface area contributed by atoms with Crippen molar-refractivity contribution < 1.29 is 18.9 Å². The van der Waals surface area contributed by atoms with Crippen molar-refractivity contribution in [3.8, 4) is 11.5 Å². The van der Waals surface area contributed by atoms with Crippen LogP contribution in [0.4, 0.5) is 0 Å². The Balaban J connectivity index is 0. The lowest BCUT2D eigenvalue weighted by molar-refractivity contribution is 0.132. The van der Waals surface area contributed by atoms with E-state index in [4.69, 9.17) is 18.9 Å². The summed E-state index contributed by atoms with van der Waals surface area (Å²) in [5, 5.41) is 0. The highest BCUT2D eigenvalue weighted by atomic mass is 16.5. The predicted octanol–water partition coefficient (Wildman–Crippen LogP) is 3.79. The third-order valence-corrected chi connectivity index (χ3v) is 1.94. The maximum atomic E-state index is 5.52. The molecule has 0 radical (unpaired) electrons. The van der Waals surface area contributed by atoms with E-state index in [1.807, 2.05) is 52.0 Å². The molecule has 20 heavy (non-hydrogen) atoms. The molecule has 0 aromatic heterocycles. The van der Waals surface area contributed by atoms with Gasteiger partial charge in [-0.15, -0.1) is 0 Å². The molecule has 0 N–H and O–H groups in total. The van der Waals surface area contributed by atoms with Crippen LogP contribution in [0.1, 0.15) is 27.7 Å². The molecule has 4 heteroatoms. The van der Waals surface area contributed by atoms with Crippen molar-refractivity contribution >= 4 is 0 Å². The average Bonchev–Trinajstić information content (AvgIpc) is 2.53. The van der Waals surface area contributed by atoms with Gasteiger partial charge in [0.2, 0.25) is 0 Å². The molecule has 0 aliphatic rings. The van der Waals surface area contributed by atoms with Crippen molar-refractivity contribution in [2.45, 2.75) is 27.7 Å². The number of rotatable bonds is 8. The van der Waals surface area contributed by atoms with Crippen molar-refractivity contribution in [1.29, 1.82) is 0 Å². The maximum absolute atomic E-state index is 5.52. The quantitative estimate of drug-likeness (QED) is 0.681. The van der Waals surface area contributed by atoms with Crippen LogP contribution in [0.2, 0.25) is 0 Å². The van der Waals surface area contributed by atoms with E-state index in [9.17, 15) is 0 Å². The summed E-state index contributed by atoms with van der Waals surface area (Å²) in [4.78, 5) is 0. The Morgan fingerprint density at radius 3 is 1.30 bits per heavy atom. The van der Waals surface area contributed by atoms with E-state index >= 15 is 0 Å². The molecule has 0 bridgehead atoms. The zero-order chi connectivity index (χ0) is 15.6. The first kappa shape index (κ1) is 21.0. The van der Waals surface area contributed by atoms with E-state index in [1.54, 1.807) is 14.2 Å². The molecule has 0 saturated carbocycles. The Kier molecular flexibility index (Phi) is 18.7. The largest absolute Gasteiger partial charge is 0.487 e. The Labute approximate surface area is 124 Å². The fourth-order valence-corrected chi connectivity index (χ4v) is 1.16. The topological polar surface area (TPSA) is 36.9 Å². The zero-order valence-corrected chi connectivity index (χ0v) is 13.8. The summed E-state index contributed by atoms with van der Waals surface area (Å²) in [5.74, 6) is 1.46. The first-order valence-electron chi connectivity index (χ1n) is 7.21. The Hall–Kier alpha value is -1.26. The minimum Gasteiger partial charge on any atom is -0.487 e. The molecule has 1 rings (SSSR count). The third kappa shape index (κ3) is 10.6. The average molecular weight is 286 g/mol. The highest BCUT2D eigenvalue weighted by Gasteiger charge is 2.03. The summed E-state index contributed by atoms with van der Waals surface area (Å²) in [6.07, 6.45) is 0. The Morgan fingerprint density at radius 2 is 1.00 bits per heavy atom. The molecule has 0 atom stereocenters. The molecule has 0 aliphatic carbocycles. The van der Waals surface area contributed by atoms with Gasteiger partial charge in [-0.25, -0.2) is 0 Å². The zero-order valence-electron chi connectivity index (χ0n) is 13.8. The minimum absolute atomic E-state index is 0.515. The summed E-state index contributed by atoms with van der Waals surface area (Å²) in [7, 11) is 3.29. The summed E-state index contributed by atoms with van der Waals surface area (Å²) in [6.45, 7) is 10.2. The van der Waals surface area contributed by atoms with Crippen LogP contribution >= 0.6 is 0 Å². The Bertz CT molecular complexity index is 261. The maximum Gasteiger partial charge on any atom is 0.161 e. The number of ether oxygens (including phenoxy) is 4. The van der Waals surface area contributed by atoms with Gasteiger partial charge in [0.1, 0.15) is 13.2 Å². The molecule has 0 heterocycles. The molecule has 0 spiro atoms. The van der Waals surface area contributed by atoms with E-state index < -0.39 is 0 Å². The van der Waals surface area contributed by atoms with Gasteiger partial charge in [0.25, 0.3) is 0 Å². The van der Waals surface area contributed by atoms with Gasteiger partial charge in [0.15, 0.2) is 11.5 Å². The fourth-order valence-electron chi connectivity index (χ4n) is 1.16. The number of hydrogen-bond acceptors (Lipinski definition) is 4. The highest BCUT2D eigenvalue weighted by Crippen LogP contribution is 2.26. The van der Waals surface area contributed by atoms with E-state index in [2.05, 4.69) is 0 Å². The van der Waals surface area contributed by atoms with Gasteiger partial charge in [0, 0.05) is 14.2 Å². The van der Waals surface area contributed by atoms with Crippen LogP contribution in [-0.2, 0) is 9.47 Å². The van der Waals surface area contributed by atoms with Gasteiger partial charge < -0.3 is 18.9 Å². The van der Waals surface area contributed by atoms with Crippen LogP contribution in [0.15, 0.2) is 24.3 Å². The van der Waals surface area contributed by atoms with Gasteiger partial charge in [-0.2, -0.15) is 0 Å². The van der Waals surface area contributed by atoms with Crippen LogP contribution in [0.5, 0.6) is 11.5 Å². The van der Waals surface area contributed by atoms with Gasteiger partial charge in [-0.05, 0) is 12.1 Å². The molecule has 4 nitrogen and oxygen atoms in total. The predicted molar refractivity (Wildman–Crippen MR) is 83.9 cm³/mol. The van der Waals surface area contributed by atoms with E-state index in [1.165, 1.54) is 0 Å². The monoisotopic (exact) mass is 286 g/mol. The van der Waals surface area contributed by atoms with E-state index in [0.29, 0.717) is 26.4 Å². The summed E-state index contributed by atoms with van der Waals surface area (Å²) < 4.78 is 20.9. The molecule has 0 saturated heterocycles. The SMILES string of the molecule is CC.CC.COCCOc1ccccc1OCCOC. The highest BCUT2D eigenvalue weighted by molar-refractivity contribution is 5.39. The summed E-state index contributed by atoms with van der Waals surface area (Å²) in [6, 6.07) is 7.56. The standard InChI is InChI=1S/C12H18O4.2C2H6/c1-13-7-9-15-11-5-3-4-6-12(11)16-10-8-14-2;2*1-2/h3-6H,7-10H2,1-2H3;2*1-2H3. The van der Waals surface area contributed by atoms with Gasteiger partial charge >= 0.3 is 0 Å². The fraction of sp³-hybridized carbons (Fsp3) is 0.625. The lowest BCUT2D eigenvalue weighted by Crippen LogP contribution is -2.08. The second-order valence-electron chi connectivity index (χ2n) is 3.13. The second-order valence-corrected chi connectivity index (χ2v) is 3.13. The second kappa shape index (κ2) is 17.7. The Morgan fingerprint density at radius 1 is 0.650 bits per heavy atom. The molecule has 1 aromatic carbocycles. The van der Waals surface area contributed by atoms with Crippen molar-refractivity contribution in [3.63, 3.8) is 0 Å². The molecular formula is C16H30O4. The number of benzene rings is 1. The molecule has 0 fully saturated rings. The van der Waals surface area contributed by atoms with Crippen LogP contribution in [0.3, 0.4) is 0 Å². The minimum atomic E-state index is 0.515.